The molecule has 9 aromatic rings. The van der Waals surface area contributed by atoms with Crippen molar-refractivity contribution in [3.8, 4) is 44.5 Å². The largest absolute Gasteiger partial charge is 0.310 e. The Labute approximate surface area is 360 Å². The van der Waals surface area contributed by atoms with Crippen LogP contribution in [0.5, 0.6) is 0 Å². The highest BCUT2D eigenvalue weighted by Crippen LogP contribution is 2.54. The lowest BCUT2D eigenvalue weighted by Crippen LogP contribution is -2.22. The average Bonchev–Trinajstić information content (AvgIpc) is 3.60. The van der Waals surface area contributed by atoms with E-state index in [1.165, 1.54) is 115 Å². The molecule has 1 unspecified atom stereocenters. The van der Waals surface area contributed by atoms with Gasteiger partial charge in [0.2, 0.25) is 0 Å². The van der Waals surface area contributed by atoms with E-state index in [0.717, 1.165) is 11.4 Å². The summed E-state index contributed by atoms with van der Waals surface area (Å²) in [6, 6.07) is 79.0. The molecule has 1 nitrogen and oxygen atoms in total. The fourth-order valence-corrected chi connectivity index (χ4v) is 10.7. The minimum absolute atomic E-state index is 0.311. The van der Waals surface area contributed by atoms with E-state index in [0.29, 0.717) is 5.92 Å². The van der Waals surface area contributed by atoms with Gasteiger partial charge >= 0.3 is 0 Å². The van der Waals surface area contributed by atoms with E-state index in [1.54, 1.807) is 0 Å². The molecule has 2 aliphatic rings. The third-order valence-electron chi connectivity index (χ3n) is 13.8. The molecule has 0 bridgehead atoms. The first-order valence-electron chi connectivity index (χ1n) is 22.1. The number of fused-ring (bicyclic) bond motifs is 4. The second kappa shape index (κ2) is 15.6. The van der Waals surface area contributed by atoms with Crippen LogP contribution < -0.4 is 4.90 Å². The quantitative estimate of drug-likeness (QED) is 0.148. The van der Waals surface area contributed by atoms with E-state index >= 15 is 0 Å². The molecule has 294 valence electrons. The molecule has 1 atom stereocenters. The van der Waals surface area contributed by atoms with Gasteiger partial charge in [0.25, 0.3) is 0 Å². The first-order valence-corrected chi connectivity index (χ1v) is 22.1. The van der Waals surface area contributed by atoms with Gasteiger partial charge in [-0.15, -0.1) is 0 Å². The fourth-order valence-electron chi connectivity index (χ4n) is 10.7. The van der Waals surface area contributed by atoms with Gasteiger partial charge < -0.3 is 4.90 Å². The molecule has 0 heterocycles. The van der Waals surface area contributed by atoms with Gasteiger partial charge in [0, 0.05) is 22.4 Å². The molecule has 1 saturated carbocycles. The zero-order chi connectivity index (χ0) is 40.8. The van der Waals surface area contributed by atoms with Crippen LogP contribution in [-0.2, 0) is 5.41 Å². The highest BCUT2D eigenvalue weighted by atomic mass is 15.1. The van der Waals surface area contributed by atoms with E-state index in [9.17, 15) is 0 Å². The molecule has 61 heavy (non-hydrogen) atoms. The monoisotopic (exact) mass is 783 g/mol. The number of hydrogen-bond donors (Lipinski definition) is 0. The normalized spacial score (nSPS) is 16.0. The summed E-state index contributed by atoms with van der Waals surface area (Å²) in [5.41, 5.74) is 18.7. The molecule has 0 radical (unpaired) electrons. The van der Waals surface area contributed by atoms with Crippen LogP contribution in [0.1, 0.15) is 67.2 Å². The third-order valence-corrected chi connectivity index (χ3v) is 13.8. The first kappa shape index (κ1) is 37.1. The van der Waals surface area contributed by atoms with E-state index in [2.05, 4.69) is 224 Å². The van der Waals surface area contributed by atoms with Crippen molar-refractivity contribution < 1.29 is 0 Å². The van der Waals surface area contributed by atoms with Gasteiger partial charge in [0.15, 0.2) is 0 Å². The standard InChI is InChI=1S/C60H49N/c1-60(48-23-9-4-10-24-48)56-29-13-11-25-52(56)53-40-39-50(41-57(53)60)61(49-37-35-45(36-38-49)44-33-31-43(32-34-44)42-17-5-2-6-18-42)58-30-14-12-26-54(58)55-28-16-22-47-21-15-27-51(59(47)55)46-19-7-3-8-20-46/h2,4-6,9-18,21-41,46H,3,7-8,19-20H2,1H3. The predicted octanol–water partition coefficient (Wildman–Crippen LogP) is 16.7. The first-order chi connectivity index (χ1) is 30.1. The second-order valence-corrected chi connectivity index (χ2v) is 17.2. The summed E-state index contributed by atoms with van der Waals surface area (Å²) in [5, 5.41) is 2.72. The van der Waals surface area contributed by atoms with Crippen molar-refractivity contribution in [2.75, 3.05) is 4.90 Å². The molecule has 2 aliphatic carbocycles. The van der Waals surface area contributed by atoms with Gasteiger partial charge in [-0.2, -0.15) is 0 Å². The predicted molar refractivity (Wildman–Crippen MR) is 258 cm³/mol. The zero-order valence-corrected chi connectivity index (χ0v) is 34.8. The number of benzene rings is 9. The van der Waals surface area contributed by atoms with Gasteiger partial charge in [0.1, 0.15) is 0 Å². The lowest BCUT2D eigenvalue weighted by atomic mass is 9.74. The van der Waals surface area contributed by atoms with Crippen molar-refractivity contribution in [3.63, 3.8) is 0 Å². The molecule has 1 heteroatoms. The Balaban J connectivity index is 1.09. The minimum Gasteiger partial charge on any atom is -0.310 e. The Kier molecular flexibility index (Phi) is 9.46. The van der Waals surface area contributed by atoms with E-state index in [4.69, 9.17) is 0 Å². The molecule has 0 aromatic heterocycles. The summed E-state index contributed by atoms with van der Waals surface area (Å²) >= 11 is 0. The van der Waals surface area contributed by atoms with Crippen molar-refractivity contribution in [1.29, 1.82) is 0 Å². The van der Waals surface area contributed by atoms with Crippen molar-refractivity contribution in [3.05, 3.63) is 235 Å². The van der Waals surface area contributed by atoms with Gasteiger partial charge in [-0.3, -0.25) is 0 Å². The van der Waals surface area contributed by atoms with Gasteiger partial charge in [-0.25, -0.2) is 0 Å². The minimum atomic E-state index is -0.311. The van der Waals surface area contributed by atoms with E-state index < -0.39 is 0 Å². The van der Waals surface area contributed by atoms with Crippen LogP contribution in [0.4, 0.5) is 17.1 Å². The Hall–Kier alpha value is -6.96. The maximum atomic E-state index is 2.51. The van der Waals surface area contributed by atoms with E-state index in [1.807, 2.05) is 0 Å². The number of anilines is 3. The summed E-state index contributed by atoms with van der Waals surface area (Å²) in [4.78, 5) is 2.51. The lowest BCUT2D eigenvalue weighted by molar-refractivity contribution is 0.445. The van der Waals surface area contributed by atoms with Crippen molar-refractivity contribution >= 4 is 27.8 Å². The SMILES string of the molecule is CC1(c2ccccc2)c2ccccc2-c2ccc(N(c3ccc(-c4ccc(-c5ccccc5)cc4)cc3)c3ccccc3-c3cccc4cccc(C5CCCCC5)c34)cc21. The Morgan fingerprint density at radius 2 is 0.951 bits per heavy atom. The summed E-state index contributed by atoms with van der Waals surface area (Å²) in [6.07, 6.45) is 6.50. The fraction of sp³-hybridized carbons (Fsp3) is 0.133. The number of hydrogen-bond acceptors (Lipinski definition) is 1. The number of rotatable bonds is 8. The summed E-state index contributed by atoms with van der Waals surface area (Å²) in [7, 11) is 0. The molecular formula is C60H49N. The zero-order valence-electron chi connectivity index (χ0n) is 34.8. The van der Waals surface area contributed by atoms with Gasteiger partial charge in [-0.05, 0) is 128 Å². The molecule has 11 rings (SSSR count). The summed E-state index contributed by atoms with van der Waals surface area (Å²) in [6.45, 7) is 2.41. The highest BCUT2D eigenvalue weighted by Gasteiger charge is 2.41. The molecule has 0 amide bonds. The Morgan fingerprint density at radius 3 is 1.67 bits per heavy atom. The maximum Gasteiger partial charge on any atom is 0.0540 e. The summed E-state index contributed by atoms with van der Waals surface area (Å²) < 4.78 is 0. The van der Waals surface area contributed by atoms with Crippen LogP contribution in [-0.4, -0.2) is 0 Å². The molecular weight excluding hydrogens is 735 g/mol. The smallest absolute Gasteiger partial charge is 0.0540 e. The Morgan fingerprint density at radius 1 is 0.410 bits per heavy atom. The van der Waals surface area contributed by atoms with Crippen LogP contribution in [0, 0.1) is 0 Å². The maximum absolute atomic E-state index is 2.51. The van der Waals surface area contributed by atoms with Crippen LogP contribution >= 0.6 is 0 Å². The number of para-hydroxylation sites is 1. The van der Waals surface area contributed by atoms with Gasteiger partial charge in [0.05, 0.1) is 5.69 Å². The van der Waals surface area contributed by atoms with Crippen LogP contribution in [0.2, 0.25) is 0 Å². The molecule has 0 saturated heterocycles. The molecule has 9 aromatic carbocycles. The van der Waals surface area contributed by atoms with Crippen LogP contribution in [0.3, 0.4) is 0 Å². The third kappa shape index (κ3) is 6.48. The number of nitrogens with zero attached hydrogens (tertiary/aromatic N) is 1. The van der Waals surface area contributed by atoms with Crippen LogP contribution in [0.15, 0.2) is 212 Å². The molecule has 0 N–H and O–H groups in total. The van der Waals surface area contributed by atoms with E-state index in [-0.39, 0.29) is 5.41 Å². The Bertz CT molecular complexity index is 2990. The average molecular weight is 784 g/mol. The highest BCUT2D eigenvalue weighted by molar-refractivity contribution is 6.03. The van der Waals surface area contributed by atoms with Crippen molar-refractivity contribution in [2.24, 2.45) is 0 Å². The van der Waals surface area contributed by atoms with Crippen molar-refractivity contribution in [1.82, 2.24) is 0 Å². The summed E-state index contributed by atoms with van der Waals surface area (Å²) in [5.74, 6) is 0.588. The molecule has 1 fully saturated rings. The van der Waals surface area contributed by atoms with Crippen molar-refractivity contribution in [2.45, 2.75) is 50.4 Å². The van der Waals surface area contributed by atoms with Gasteiger partial charge in [-0.1, -0.05) is 201 Å². The topological polar surface area (TPSA) is 3.24 Å². The lowest BCUT2D eigenvalue weighted by Gasteiger charge is -2.32. The van der Waals surface area contributed by atoms with Crippen LogP contribution in [0.25, 0.3) is 55.3 Å². The molecule has 0 aliphatic heterocycles. The molecule has 0 spiro atoms. The second-order valence-electron chi connectivity index (χ2n) is 17.2.